The number of carbonyl (C=O) groups excluding carboxylic acids is 4. The number of nitrogens with one attached hydrogen (secondary N) is 3. The number of aliphatic carboxylic acids is 3. The van der Waals surface area contributed by atoms with Crippen LogP contribution in [0.1, 0.15) is 25.7 Å². The number of hydrogen-bond donors (Lipinski definition) is 9. The summed E-state index contributed by atoms with van der Waals surface area (Å²) in [4.78, 5) is 80.4. The highest BCUT2D eigenvalue weighted by Crippen LogP contribution is 2.01. The van der Waals surface area contributed by atoms with Gasteiger partial charge in [-0.3, -0.25) is 28.8 Å². The van der Waals surface area contributed by atoms with Crippen molar-refractivity contribution in [2.45, 2.75) is 49.9 Å². The van der Waals surface area contributed by atoms with Crippen molar-refractivity contribution in [1.82, 2.24) is 16.0 Å². The number of carboxylic acids is 3. The van der Waals surface area contributed by atoms with Crippen LogP contribution in [0, 0.1) is 0 Å². The topological polar surface area (TPSA) is 268 Å². The molecule has 4 atom stereocenters. The van der Waals surface area contributed by atoms with E-state index in [9.17, 15) is 33.6 Å². The van der Waals surface area contributed by atoms with Gasteiger partial charge in [-0.2, -0.15) is 12.6 Å². The molecule has 0 rings (SSSR count). The second-order valence-corrected chi connectivity index (χ2v) is 6.88. The maximum atomic E-state index is 12.4. The number of hydrogen-bond acceptors (Lipinski definition) is 9. The molecule has 4 unspecified atom stereocenters. The second kappa shape index (κ2) is 13.8. The lowest BCUT2D eigenvalue weighted by molar-refractivity contribution is -0.144. The fourth-order valence-electron chi connectivity index (χ4n) is 2.21. The monoisotopic (exact) mass is 479 g/mol. The minimum Gasteiger partial charge on any atom is -0.481 e. The molecule has 180 valence electrons. The standard InChI is InChI=1S/C16H25N5O10S/c17-6(1-2-11(23)24)13(27)19-7(4-12(25)26)14(28)21-9(5-32)15(29)20-8(16(30)31)3-10(18)22/h6-9,32H,1-5,17H2,(H2,18,22)(H,19,27)(H,20,29)(H,21,28)(H,23,24)(H,25,26)(H,30,31). The van der Waals surface area contributed by atoms with Crippen molar-refractivity contribution in [2.24, 2.45) is 11.5 Å². The summed E-state index contributed by atoms with van der Waals surface area (Å²) in [5, 5.41) is 32.8. The zero-order chi connectivity index (χ0) is 25.0. The normalized spacial score (nSPS) is 14.2. The Morgan fingerprint density at radius 1 is 0.750 bits per heavy atom. The molecule has 0 aliphatic heterocycles. The van der Waals surface area contributed by atoms with Crippen LogP contribution in [-0.4, -0.2) is 86.8 Å². The second-order valence-electron chi connectivity index (χ2n) is 6.51. The minimum absolute atomic E-state index is 0.277. The van der Waals surface area contributed by atoms with E-state index < -0.39 is 85.0 Å². The predicted molar refractivity (Wildman–Crippen MR) is 108 cm³/mol. The summed E-state index contributed by atoms with van der Waals surface area (Å²) in [7, 11) is 0. The molecule has 0 aromatic carbocycles. The third-order valence-corrected chi connectivity index (χ3v) is 4.22. The fraction of sp³-hybridized carbons (Fsp3) is 0.562. The average Bonchev–Trinajstić information content (AvgIpc) is 2.67. The zero-order valence-electron chi connectivity index (χ0n) is 16.6. The van der Waals surface area contributed by atoms with Gasteiger partial charge in [-0.1, -0.05) is 0 Å². The third-order valence-electron chi connectivity index (χ3n) is 3.85. The molecule has 0 heterocycles. The van der Waals surface area contributed by atoms with Gasteiger partial charge in [0, 0.05) is 12.2 Å². The van der Waals surface area contributed by atoms with Crippen LogP contribution in [0.3, 0.4) is 0 Å². The van der Waals surface area contributed by atoms with Gasteiger partial charge in [0.1, 0.15) is 18.1 Å². The largest absolute Gasteiger partial charge is 0.481 e. The first kappa shape index (κ1) is 28.6. The van der Waals surface area contributed by atoms with Gasteiger partial charge in [-0.05, 0) is 6.42 Å². The SMILES string of the molecule is NC(=O)CC(NC(=O)C(CS)NC(=O)C(CC(=O)O)NC(=O)C(N)CCC(=O)O)C(=O)O. The summed E-state index contributed by atoms with van der Waals surface area (Å²) in [5.41, 5.74) is 10.4. The maximum absolute atomic E-state index is 12.4. The average molecular weight is 479 g/mol. The van der Waals surface area contributed by atoms with Gasteiger partial charge in [-0.25, -0.2) is 4.79 Å². The van der Waals surface area contributed by atoms with E-state index in [1.54, 1.807) is 0 Å². The molecule has 0 fully saturated rings. The van der Waals surface area contributed by atoms with Crippen LogP contribution < -0.4 is 27.4 Å². The summed E-state index contributed by atoms with van der Waals surface area (Å²) in [6.45, 7) is 0. The van der Waals surface area contributed by atoms with E-state index in [-0.39, 0.29) is 12.2 Å². The highest BCUT2D eigenvalue weighted by atomic mass is 32.1. The van der Waals surface area contributed by atoms with Crippen molar-refractivity contribution < 1.29 is 48.9 Å². The van der Waals surface area contributed by atoms with E-state index in [0.29, 0.717) is 0 Å². The van der Waals surface area contributed by atoms with Gasteiger partial charge in [-0.15, -0.1) is 0 Å². The van der Waals surface area contributed by atoms with Crippen LogP contribution in [-0.2, 0) is 33.6 Å². The predicted octanol–water partition coefficient (Wildman–Crippen LogP) is -4.00. The van der Waals surface area contributed by atoms with Gasteiger partial charge in [0.2, 0.25) is 23.6 Å². The number of primary amides is 1. The van der Waals surface area contributed by atoms with E-state index in [0.717, 1.165) is 0 Å². The molecule has 0 saturated carbocycles. The van der Waals surface area contributed by atoms with Crippen LogP contribution in [0.4, 0.5) is 0 Å². The number of carbonyl (C=O) groups is 7. The summed E-state index contributed by atoms with van der Waals surface area (Å²) in [5.74, 6) is -8.79. The number of thiol groups is 1. The Bertz CT molecular complexity index is 761. The summed E-state index contributed by atoms with van der Waals surface area (Å²) in [6.07, 6.45) is -2.34. The van der Waals surface area contributed by atoms with Crippen LogP contribution >= 0.6 is 12.6 Å². The minimum atomic E-state index is -1.69. The van der Waals surface area contributed by atoms with Crippen molar-refractivity contribution in [3.8, 4) is 0 Å². The summed E-state index contributed by atoms with van der Waals surface area (Å²) in [6, 6.07) is -6.17. The van der Waals surface area contributed by atoms with Crippen molar-refractivity contribution in [2.75, 3.05) is 5.75 Å². The number of rotatable bonds is 15. The third kappa shape index (κ3) is 11.1. The summed E-state index contributed by atoms with van der Waals surface area (Å²) < 4.78 is 0. The number of amides is 4. The van der Waals surface area contributed by atoms with Crippen LogP contribution in [0.5, 0.6) is 0 Å². The molecule has 0 radical (unpaired) electrons. The first-order valence-electron chi connectivity index (χ1n) is 9.00. The molecule has 0 spiro atoms. The van der Waals surface area contributed by atoms with E-state index >= 15 is 0 Å². The molecule has 4 amide bonds. The van der Waals surface area contributed by atoms with E-state index in [1.807, 2.05) is 5.32 Å². The van der Waals surface area contributed by atoms with Gasteiger partial charge in [0.25, 0.3) is 0 Å². The van der Waals surface area contributed by atoms with Crippen molar-refractivity contribution >= 4 is 54.2 Å². The molecule has 16 heteroatoms. The molecule has 0 aliphatic rings. The van der Waals surface area contributed by atoms with E-state index in [4.69, 9.17) is 26.8 Å². The molecule has 15 nitrogen and oxygen atoms in total. The highest BCUT2D eigenvalue weighted by Gasteiger charge is 2.31. The Labute approximate surface area is 186 Å². The zero-order valence-corrected chi connectivity index (χ0v) is 17.5. The molecular weight excluding hydrogens is 454 g/mol. The smallest absolute Gasteiger partial charge is 0.326 e. The molecule has 0 saturated heterocycles. The molecule has 10 N–H and O–H groups in total. The lowest BCUT2D eigenvalue weighted by atomic mass is 10.1. The first-order valence-corrected chi connectivity index (χ1v) is 9.63. The Balaban J connectivity index is 5.26. The fourth-order valence-corrected chi connectivity index (χ4v) is 2.47. The quantitative estimate of drug-likeness (QED) is 0.102. The Hall–Kier alpha value is -3.40. The number of nitrogens with two attached hydrogens (primary N) is 2. The van der Waals surface area contributed by atoms with E-state index in [1.165, 1.54) is 0 Å². The van der Waals surface area contributed by atoms with Crippen LogP contribution in [0.15, 0.2) is 0 Å². The molecule has 0 bridgehead atoms. The molecular formula is C16H25N5O10S. The van der Waals surface area contributed by atoms with Gasteiger partial charge in [0.05, 0.1) is 18.9 Å². The van der Waals surface area contributed by atoms with Gasteiger partial charge >= 0.3 is 17.9 Å². The van der Waals surface area contributed by atoms with Gasteiger partial charge < -0.3 is 42.7 Å². The summed E-state index contributed by atoms with van der Waals surface area (Å²) >= 11 is 3.87. The van der Waals surface area contributed by atoms with Crippen molar-refractivity contribution in [3.05, 3.63) is 0 Å². The lowest BCUT2D eigenvalue weighted by Crippen LogP contribution is -2.58. The lowest BCUT2D eigenvalue weighted by Gasteiger charge is -2.23. The van der Waals surface area contributed by atoms with Crippen molar-refractivity contribution in [3.63, 3.8) is 0 Å². The Morgan fingerprint density at radius 2 is 1.25 bits per heavy atom. The van der Waals surface area contributed by atoms with Crippen LogP contribution in [0.25, 0.3) is 0 Å². The Morgan fingerprint density at radius 3 is 1.69 bits per heavy atom. The van der Waals surface area contributed by atoms with Gasteiger partial charge in [0.15, 0.2) is 0 Å². The molecule has 0 aromatic rings. The van der Waals surface area contributed by atoms with Crippen molar-refractivity contribution in [1.29, 1.82) is 0 Å². The molecule has 0 aromatic heterocycles. The number of carboxylic acid groups (broad SMARTS) is 3. The first-order chi connectivity index (χ1) is 14.8. The Kier molecular flexibility index (Phi) is 12.3. The maximum Gasteiger partial charge on any atom is 0.326 e. The van der Waals surface area contributed by atoms with E-state index in [2.05, 4.69) is 23.3 Å². The molecule has 32 heavy (non-hydrogen) atoms. The molecule has 0 aliphatic carbocycles. The van der Waals surface area contributed by atoms with Crippen LogP contribution in [0.2, 0.25) is 0 Å². The highest BCUT2D eigenvalue weighted by molar-refractivity contribution is 7.80.